The molecular formula is C63H83FN14O7S. The Morgan fingerprint density at radius 1 is 0.826 bits per heavy atom. The summed E-state index contributed by atoms with van der Waals surface area (Å²) in [4.78, 5) is 75.8. The third-order valence-electron chi connectivity index (χ3n) is 17.1. The Labute approximate surface area is 504 Å². The topological polar surface area (TPSA) is 219 Å². The highest BCUT2D eigenvalue weighted by molar-refractivity contribution is 7.92. The van der Waals surface area contributed by atoms with Gasteiger partial charge < -0.3 is 34.4 Å². The molecule has 4 aliphatic rings. The number of amides is 3. The van der Waals surface area contributed by atoms with Crippen molar-refractivity contribution in [2.75, 3.05) is 107 Å². The minimum atomic E-state index is -3.85. The molecule has 3 saturated heterocycles. The number of nitrogens with zero attached hydrogens (tertiary/aromatic N) is 12. The van der Waals surface area contributed by atoms with E-state index in [-0.39, 0.29) is 71.1 Å². The number of H-pyrrole nitrogens is 1. The average molecular weight is 1200 g/mol. The second kappa shape index (κ2) is 24.4. The van der Waals surface area contributed by atoms with E-state index in [0.717, 1.165) is 52.7 Å². The smallest absolute Gasteiger partial charge is 0.410 e. The van der Waals surface area contributed by atoms with Crippen molar-refractivity contribution < 1.29 is 36.7 Å². The molecule has 8 heterocycles. The van der Waals surface area contributed by atoms with E-state index >= 15 is 0 Å². The number of aromatic nitrogens is 6. The largest absolute Gasteiger partial charge is 0.491 e. The molecule has 21 nitrogen and oxygen atoms in total. The number of fused-ring (bicyclic) bond motifs is 2. The Bertz CT molecular complexity index is 3580. The number of piperazine rings is 3. The van der Waals surface area contributed by atoms with E-state index in [1.54, 1.807) is 56.1 Å². The van der Waals surface area contributed by atoms with Gasteiger partial charge in [-0.3, -0.25) is 34.4 Å². The number of nitrogens with one attached hydrogen (secondary N) is 2. The molecule has 0 radical (unpaired) electrons. The van der Waals surface area contributed by atoms with Gasteiger partial charge in [-0.15, -0.1) is 0 Å². The number of halogens is 1. The van der Waals surface area contributed by atoms with Crippen LogP contribution in [0.15, 0.2) is 78.2 Å². The highest BCUT2D eigenvalue weighted by atomic mass is 32.2. The first kappa shape index (κ1) is 61.7. The molecule has 4 aromatic heterocycles. The van der Waals surface area contributed by atoms with Crippen molar-refractivity contribution >= 4 is 61.8 Å². The highest BCUT2D eigenvalue weighted by Gasteiger charge is 2.44. The summed E-state index contributed by atoms with van der Waals surface area (Å²) in [5.41, 5.74) is 5.28. The van der Waals surface area contributed by atoms with Crippen molar-refractivity contribution in [3.8, 4) is 5.75 Å². The summed E-state index contributed by atoms with van der Waals surface area (Å²) < 4.78 is 53.0. The number of ether oxygens (including phenoxy) is 2. The number of hydrogen-bond acceptors (Lipinski definition) is 17. The number of hydrogen-bond donors (Lipinski definition) is 2. The van der Waals surface area contributed by atoms with Crippen molar-refractivity contribution in [1.82, 2.24) is 54.6 Å². The number of sulfone groups is 1. The molecule has 23 heteroatoms. The number of carbonyl (C=O) groups excluding carboxylic acids is 3. The van der Waals surface area contributed by atoms with E-state index in [9.17, 15) is 27.2 Å². The van der Waals surface area contributed by atoms with Gasteiger partial charge in [-0.05, 0) is 123 Å². The van der Waals surface area contributed by atoms with Gasteiger partial charge in [-0.2, -0.15) is 5.10 Å². The standard InChI is InChI=1S/C63H83FN14O7S/c1-40-33-75(24-23-74(40)35-48-36-77(60(81)85-61(5,6)7)41(2)34-76(48)37-55(79)78-38-63(11,12)56-51(78)28-45(31-66-56)27-44-13-16-47(64)17-14-44)59(80)46-15-18-54(65-32-46)73-21-19-72(20-22-73)25-26-84-52-30-50-49(29-53(52)86(82,83)62(8,9)10)58(68-39-67-50)69-57-42(3)43(4)70-71-57/h13-18,28-32,39-41,48H,19-27,33-38H2,1-12H3,(H2,67,68,69,70,71)/t40-,41?,48?/m1/s1. The molecule has 2 unspecified atom stereocenters. The van der Waals surface area contributed by atoms with Gasteiger partial charge in [0.2, 0.25) is 5.91 Å². The van der Waals surface area contributed by atoms with Gasteiger partial charge in [0.1, 0.15) is 52.5 Å². The van der Waals surface area contributed by atoms with E-state index in [2.05, 4.69) is 65.9 Å². The molecule has 3 atom stereocenters. The minimum absolute atomic E-state index is 0.0239. The van der Waals surface area contributed by atoms with Crippen LogP contribution in [-0.2, 0) is 31.2 Å². The number of anilines is 4. The molecule has 86 heavy (non-hydrogen) atoms. The van der Waals surface area contributed by atoms with Crippen LogP contribution in [0.25, 0.3) is 10.9 Å². The van der Waals surface area contributed by atoms with Gasteiger partial charge in [0.25, 0.3) is 5.91 Å². The number of pyridine rings is 2. The molecule has 0 bridgehead atoms. The molecule has 0 aliphatic carbocycles. The zero-order valence-electron chi connectivity index (χ0n) is 51.8. The molecule has 10 rings (SSSR count). The Balaban J connectivity index is 0.743. The summed E-state index contributed by atoms with van der Waals surface area (Å²) in [6, 6.07) is 15.1. The fourth-order valence-electron chi connectivity index (χ4n) is 11.9. The van der Waals surface area contributed by atoms with Gasteiger partial charge in [0, 0.05) is 131 Å². The molecule has 3 fully saturated rings. The monoisotopic (exact) mass is 1200 g/mol. The quantitative estimate of drug-likeness (QED) is 0.100. The fraction of sp³-hybridized carbons (Fsp3) is 0.524. The Kier molecular flexibility index (Phi) is 17.5. The SMILES string of the molecule is Cc1n[nH]c(Nc2ncnc3cc(OCCN4CCN(c5ccc(C(=O)N6CCN(CC7CN(C(=O)OC(C)(C)C)C(C)CN7CC(=O)N7CC(C)(C)c8ncc(Cc9ccc(F)cc9)cc87)[C@H](C)C6)cn5)CC4)c(S(=O)(=O)C(C)(C)C)cc23)c1C. The van der Waals surface area contributed by atoms with Gasteiger partial charge in [-0.25, -0.2) is 32.6 Å². The van der Waals surface area contributed by atoms with Gasteiger partial charge >= 0.3 is 6.09 Å². The summed E-state index contributed by atoms with van der Waals surface area (Å²) in [5, 5.41) is 11.1. The van der Waals surface area contributed by atoms with Crippen molar-refractivity contribution in [2.45, 2.75) is 128 Å². The lowest BCUT2D eigenvalue weighted by Crippen LogP contribution is -2.65. The summed E-state index contributed by atoms with van der Waals surface area (Å²) in [6.07, 6.45) is 5.12. The number of carbonyl (C=O) groups is 3. The Morgan fingerprint density at radius 2 is 1.57 bits per heavy atom. The van der Waals surface area contributed by atoms with Crippen LogP contribution in [0.4, 0.5) is 32.3 Å². The average Bonchev–Trinajstić information content (AvgIpc) is 1.57. The maximum Gasteiger partial charge on any atom is 0.410 e. The second-order valence-corrected chi connectivity index (χ2v) is 28.9. The number of benzene rings is 2. The van der Waals surface area contributed by atoms with Crippen LogP contribution < -0.4 is 19.9 Å². The van der Waals surface area contributed by atoms with E-state index in [4.69, 9.17) is 19.4 Å². The molecule has 0 spiro atoms. The summed E-state index contributed by atoms with van der Waals surface area (Å²) in [5.74, 6) is 1.70. The van der Waals surface area contributed by atoms with E-state index in [1.807, 2.05) is 75.7 Å². The Hall–Kier alpha value is -7.34. The van der Waals surface area contributed by atoms with Crippen LogP contribution in [0.2, 0.25) is 0 Å². The number of rotatable bonds is 15. The molecule has 3 amide bonds. The zero-order valence-corrected chi connectivity index (χ0v) is 52.6. The van der Waals surface area contributed by atoms with Crippen LogP contribution >= 0.6 is 0 Å². The molecule has 0 saturated carbocycles. The lowest BCUT2D eigenvalue weighted by atomic mass is 9.91. The third kappa shape index (κ3) is 13.4. The van der Waals surface area contributed by atoms with Gasteiger partial charge in [0.15, 0.2) is 9.84 Å². The number of aromatic amines is 1. The first-order chi connectivity index (χ1) is 40.6. The summed E-state index contributed by atoms with van der Waals surface area (Å²) >= 11 is 0. The Morgan fingerprint density at radius 3 is 2.23 bits per heavy atom. The molecule has 2 aromatic carbocycles. The van der Waals surface area contributed by atoms with E-state index in [0.29, 0.717) is 100.0 Å². The van der Waals surface area contributed by atoms with E-state index < -0.39 is 20.2 Å². The third-order valence-corrected chi connectivity index (χ3v) is 19.6. The lowest BCUT2D eigenvalue weighted by Gasteiger charge is -2.48. The zero-order chi connectivity index (χ0) is 61.6. The predicted octanol–water partition coefficient (Wildman–Crippen LogP) is 7.79. The highest BCUT2D eigenvalue weighted by Crippen LogP contribution is 2.41. The molecular weight excluding hydrogens is 1120 g/mol. The molecule has 2 N–H and O–H groups in total. The first-order valence-electron chi connectivity index (χ1n) is 29.8. The van der Waals surface area contributed by atoms with Gasteiger partial charge in [-0.1, -0.05) is 26.0 Å². The van der Waals surface area contributed by atoms with Crippen LogP contribution in [0.1, 0.15) is 108 Å². The molecule has 6 aromatic rings. The van der Waals surface area contributed by atoms with Crippen LogP contribution in [0, 0.1) is 19.7 Å². The minimum Gasteiger partial charge on any atom is -0.491 e. The normalized spacial score (nSPS) is 19.9. The molecule has 460 valence electrons. The fourth-order valence-corrected chi connectivity index (χ4v) is 13.2. The molecule has 4 aliphatic heterocycles. The summed E-state index contributed by atoms with van der Waals surface area (Å²) in [6.45, 7) is 30.0. The van der Waals surface area contributed by atoms with Crippen LogP contribution in [0.3, 0.4) is 0 Å². The van der Waals surface area contributed by atoms with Crippen molar-refractivity contribution in [3.05, 3.63) is 113 Å². The maximum atomic E-state index is 14.7. The van der Waals surface area contributed by atoms with Crippen molar-refractivity contribution in [3.63, 3.8) is 0 Å². The van der Waals surface area contributed by atoms with Crippen LogP contribution in [0.5, 0.6) is 5.75 Å². The van der Waals surface area contributed by atoms with Crippen LogP contribution in [-0.4, -0.2) is 201 Å². The first-order valence-corrected chi connectivity index (χ1v) is 31.3. The summed E-state index contributed by atoms with van der Waals surface area (Å²) in [7, 11) is -3.85. The van der Waals surface area contributed by atoms with Crippen molar-refractivity contribution in [1.29, 1.82) is 0 Å². The van der Waals surface area contributed by atoms with Crippen molar-refractivity contribution in [2.24, 2.45) is 0 Å². The second-order valence-electron chi connectivity index (χ2n) is 26.2. The lowest BCUT2D eigenvalue weighted by molar-refractivity contribution is -0.121. The predicted molar refractivity (Wildman–Crippen MR) is 330 cm³/mol. The number of aryl methyl sites for hydroxylation is 1. The van der Waals surface area contributed by atoms with Gasteiger partial charge in [0.05, 0.1) is 39.4 Å². The van der Waals surface area contributed by atoms with E-state index in [1.165, 1.54) is 18.5 Å². The maximum absolute atomic E-state index is 14.7.